The van der Waals surface area contributed by atoms with Crippen molar-refractivity contribution in [1.82, 2.24) is 9.88 Å². The number of nitrogens with zero attached hydrogens (tertiary/aromatic N) is 1. The minimum atomic E-state index is -0.341. The predicted octanol–water partition coefficient (Wildman–Crippen LogP) is 4.51. The van der Waals surface area contributed by atoms with Gasteiger partial charge in [0, 0.05) is 41.5 Å². The van der Waals surface area contributed by atoms with Crippen LogP contribution in [0.2, 0.25) is 0 Å². The molecule has 1 saturated heterocycles. The number of anilines is 1. The Labute approximate surface area is 199 Å². The molecule has 0 aliphatic carbocycles. The molecule has 0 spiro atoms. The number of hydrogen-bond donors (Lipinski definition) is 2. The minimum Gasteiger partial charge on any atom is -0.492 e. The Morgan fingerprint density at radius 3 is 2.65 bits per heavy atom. The highest BCUT2D eigenvalue weighted by atomic mass is 16.5. The Morgan fingerprint density at radius 2 is 1.82 bits per heavy atom. The van der Waals surface area contributed by atoms with Crippen LogP contribution in [-0.2, 0) is 11.2 Å². The molecule has 3 heterocycles. The number of carbonyl (C=O) groups is 2. The quantitative estimate of drug-likeness (QED) is 0.508. The fraction of sp³-hybridized carbons (Fsp3) is 0.333. The third-order valence-corrected chi connectivity index (χ3v) is 6.48. The number of rotatable bonds is 7. The number of para-hydroxylation sites is 1. The fourth-order valence-electron chi connectivity index (χ4n) is 4.65. The summed E-state index contributed by atoms with van der Waals surface area (Å²) in [6.07, 6.45) is 6.31. The van der Waals surface area contributed by atoms with Crippen LogP contribution >= 0.6 is 0 Å². The summed E-state index contributed by atoms with van der Waals surface area (Å²) >= 11 is 0. The van der Waals surface area contributed by atoms with E-state index < -0.39 is 0 Å². The number of ether oxygens (including phenoxy) is 2. The van der Waals surface area contributed by atoms with Crippen molar-refractivity contribution in [2.45, 2.75) is 25.7 Å². The average molecular weight is 460 g/mol. The second-order valence-electron chi connectivity index (χ2n) is 8.72. The standard InChI is InChI=1S/C27H29N3O4/c31-26(19-8-10-20(11-9-19)33-17-15-30-13-4-1-5-14-30)29-24-7-3-2-6-21(24)23-18-28-25-22(23)12-16-34-27(25)32/h2-3,6-11,18,28H,1,4-5,12-17H2,(H,29,31). The number of carbonyl (C=O) groups excluding carboxylic acids is 2. The van der Waals surface area contributed by atoms with E-state index in [-0.39, 0.29) is 11.9 Å². The lowest BCUT2D eigenvalue weighted by molar-refractivity contribution is 0.0474. The number of aromatic nitrogens is 1. The number of H-pyrrole nitrogens is 1. The van der Waals surface area contributed by atoms with Crippen molar-refractivity contribution in [3.8, 4) is 16.9 Å². The number of fused-ring (bicyclic) bond motifs is 1. The fourth-order valence-corrected chi connectivity index (χ4v) is 4.65. The van der Waals surface area contributed by atoms with Gasteiger partial charge in [0.05, 0.1) is 6.61 Å². The second-order valence-corrected chi connectivity index (χ2v) is 8.72. The number of benzene rings is 2. The molecule has 2 aliphatic rings. The molecule has 0 bridgehead atoms. The first-order valence-electron chi connectivity index (χ1n) is 11.9. The molecule has 176 valence electrons. The van der Waals surface area contributed by atoms with Gasteiger partial charge in [-0.15, -0.1) is 0 Å². The smallest absolute Gasteiger partial charge is 0.355 e. The molecule has 2 aliphatic heterocycles. The van der Waals surface area contributed by atoms with Crippen molar-refractivity contribution in [1.29, 1.82) is 0 Å². The van der Waals surface area contributed by atoms with Crippen LogP contribution < -0.4 is 10.1 Å². The topological polar surface area (TPSA) is 83.7 Å². The number of nitrogens with one attached hydrogen (secondary N) is 2. The van der Waals surface area contributed by atoms with E-state index in [9.17, 15) is 9.59 Å². The molecule has 0 saturated carbocycles. The lowest BCUT2D eigenvalue weighted by Crippen LogP contribution is -2.33. The first-order chi connectivity index (χ1) is 16.7. The Hall–Kier alpha value is -3.58. The molecule has 5 rings (SSSR count). The van der Waals surface area contributed by atoms with Crippen molar-refractivity contribution >= 4 is 17.6 Å². The van der Waals surface area contributed by atoms with Gasteiger partial charge in [0.25, 0.3) is 5.91 Å². The van der Waals surface area contributed by atoms with Crippen molar-refractivity contribution in [2.24, 2.45) is 0 Å². The summed E-state index contributed by atoms with van der Waals surface area (Å²) in [5.74, 6) is 0.225. The Kier molecular flexibility index (Phi) is 6.62. The first kappa shape index (κ1) is 22.2. The first-order valence-corrected chi connectivity index (χ1v) is 11.9. The largest absolute Gasteiger partial charge is 0.492 e. The molecular formula is C27H29N3O4. The van der Waals surface area contributed by atoms with E-state index in [0.717, 1.165) is 42.1 Å². The van der Waals surface area contributed by atoms with E-state index >= 15 is 0 Å². The van der Waals surface area contributed by atoms with E-state index in [1.54, 1.807) is 18.3 Å². The van der Waals surface area contributed by atoms with Crippen molar-refractivity contribution in [3.05, 3.63) is 71.5 Å². The molecule has 0 unspecified atom stereocenters. The molecule has 2 N–H and O–H groups in total. The van der Waals surface area contributed by atoms with Gasteiger partial charge in [0.15, 0.2) is 0 Å². The van der Waals surface area contributed by atoms with Gasteiger partial charge in [-0.05, 0) is 61.8 Å². The van der Waals surface area contributed by atoms with Crippen LogP contribution in [0.1, 0.15) is 45.7 Å². The van der Waals surface area contributed by atoms with E-state index in [0.29, 0.717) is 36.6 Å². The maximum absolute atomic E-state index is 13.0. The summed E-state index contributed by atoms with van der Waals surface area (Å²) in [7, 11) is 0. The molecule has 3 aromatic rings. The summed E-state index contributed by atoms with van der Waals surface area (Å²) in [4.78, 5) is 30.4. The van der Waals surface area contributed by atoms with Crippen LogP contribution in [-0.4, -0.2) is 54.6 Å². The molecule has 2 aromatic carbocycles. The van der Waals surface area contributed by atoms with Crippen molar-refractivity contribution < 1.29 is 19.1 Å². The predicted molar refractivity (Wildman–Crippen MR) is 130 cm³/mol. The summed E-state index contributed by atoms with van der Waals surface area (Å²) in [5.41, 5.74) is 4.41. The third kappa shape index (κ3) is 4.84. The van der Waals surface area contributed by atoms with Gasteiger partial charge < -0.3 is 19.8 Å². The maximum atomic E-state index is 13.0. The number of aromatic amines is 1. The van der Waals surface area contributed by atoms with Crippen molar-refractivity contribution in [3.63, 3.8) is 0 Å². The molecule has 1 amide bonds. The van der Waals surface area contributed by atoms with Gasteiger partial charge >= 0.3 is 5.97 Å². The van der Waals surface area contributed by atoms with Gasteiger partial charge in [-0.1, -0.05) is 24.6 Å². The van der Waals surface area contributed by atoms with Gasteiger partial charge in [-0.3, -0.25) is 9.69 Å². The molecule has 0 atom stereocenters. The Morgan fingerprint density at radius 1 is 1.03 bits per heavy atom. The summed E-state index contributed by atoms with van der Waals surface area (Å²) < 4.78 is 11.0. The zero-order chi connectivity index (χ0) is 23.3. The average Bonchev–Trinajstić information content (AvgIpc) is 3.31. The SMILES string of the molecule is O=C(Nc1ccccc1-c1c[nH]c2c1CCOC2=O)c1ccc(OCCN2CCCCC2)cc1. The lowest BCUT2D eigenvalue weighted by atomic mass is 9.98. The molecular weight excluding hydrogens is 430 g/mol. The molecule has 7 nitrogen and oxygen atoms in total. The number of cyclic esters (lactones) is 1. The van der Waals surface area contributed by atoms with Crippen LogP contribution in [0.4, 0.5) is 5.69 Å². The normalized spacial score (nSPS) is 15.9. The van der Waals surface area contributed by atoms with E-state index in [1.807, 2.05) is 36.4 Å². The van der Waals surface area contributed by atoms with Crippen LogP contribution in [0.15, 0.2) is 54.7 Å². The minimum absolute atomic E-state index is 0.198. The van der Waals surface area contributed by atoms with E-state index in [2.05, 4.69) is 15.2 Å². The van der Waals surface area contributed by atoms with Gasteiger partial charge in [0.2, 0.25) is 0 Å². The van der Waals surface area contributed by atoms with E-state index in [1.165, 1.54) is 19.3 Å². The second kappa shape index (κ2) is 10.1. The number of hydrogen-bond acceptors (Lipinski definition) is 5. The number of likely N-dealkylation sites (tertiary alicyclic amines) is 1. The lowest BCUT2D eigenvalue weighted by Gasteiger charge is -2.26. The van der Waals surface area contributed by atoms with Crippen LogP contribution in [0, 0.1) is 0 Å². The molecule has 1 aromatic heterocycles. The number of piperidine rings is 1. The number of amides is 1. The van der Waals surface area contributed by atoms with E-state index in [4.69, 9.17) is 9.47 Å². The molecule has 0 radical (unpaired) electrons. The third-order valence-electron chi connectivity index (χ3n) is 6.48. The zero-order valence-corrected chi connectivity index (χ0v) is 19.1. The highest BCUT2D eigenvalue weighted by molar-refractivity contribution is 6.06. The molecule has 7 heteroatoms. The van der Waals surface area contributed by atoms with Gasteiger partial charge in [-0.25, -0.2) is 4.79 Å². The Bertz CT molecular complexity index is 1160. The van der Waals surface area contributed by atoms with Crippen molar-refractivity contribution in [2.75, 3.05) is 38.2 Å². The zero-order valence-electron chi connectivity index (χ0n) is 19.1. The van der Waals surface area contributed by atoms with Crippen LogP contribution in [0.25, 0.3) is 11.1 Å². The Balaban J connectivity index is 1.24. The van der Waals surface area contributed by atoms with Gasteiger partial charge in [0.1, 0.15) is 18.1 Å². The molecule has 34 heavy (non-hydrogen) atoms. The monoisotopic (exact) mass is 459 g/mol. The van der Waals surface area contributed by atoms with Crippen LogP contribution in [0.3, 0.4) is 0 Å². The van der Waals surface area contributed by atoms with Gasteiger partial charge in [-0.2, -0.15) is 0 Å². The summed E-state index contributed by atoms with van der Waals surface area (Å²) in [6, 6.07) is 14.8. The van der Waals surface area contributed by atoms with Crippen LogP contribution in [0.5, 0.6) is 5.75 Å². The maximum Gasteiger partial charge on any atom is 0.355 e. The summed E-state index contributed by atoms with van der Waals surface area (Å²) in [5, 5.41) is 3.02. The molecule has 1 fully saturated rings. The number of esters is 1. The highest BCUT2D eigenvalue weighted by Crippen LogP contribution is 2.34. The summed E-state index contributed by atoms with van der Waals surface area (Å²) in [6.45, 7) is 4.24. The highest BCUT2D eigenvalue weighted by Gasteiger charge is 2.25.